The number of ketones is 3. The Bertz CT molecular complexity index is 1650. The number of hydrogen-bond acceptors (Lipinski definition) is 12. The molecule has 2 rings (SSSR count). The Hall–Kier alpha value is -4.87. The van der Waals surface area contributed by atoms with Crippen LogP contribution < -0.4 is 14.2 Å². The van der Waals surface area contributed by atoms with Crippen LogP contribution in [0.25, 0.3) is 0 Å². The number of methoxy groups -OCH3 is 1. The van der Waals surface area contributed by atoms with Crippen molar-refractivity contribution in [1.29, 1.82) is 0 Å². The molecule has 0 bridgehead atoms. The van der Waals surface area contributed by atoms with E-state index in [2.05, 4.69) is 0 Å². The summed E-state index contributed by atoms with van der Waals surface area (Å²) in [4.78, 5) is 91.9. The van der Waals surface area contributed by atoms with Crippen LogP contribution in [0.5, 0.6) is 17.2 Å². The molecule has 0 radical (unpaired) electrons. The van der Waals surface area contributed by atoms with E-state index in [0.29, 0.717) is 12.8 Å². The number of rotatable bonds is 17. The van der Waals surface area contributed by atoms with Gasteiger partial charge in [0.05, 0.1) is 12.5 Å². The van der Waals surface area contributed by atoms with Gasteiger partial charge in [0, 0.05) is 64.2 Å². The van der Waals surface area contributed by atoms with Crippen LogP contribution in [0.15, 0.2) is 40.4 Å². The monoisotopic (exact) mass is 696 g/mol. The molecule has 0 spiro atoms. The largest absolute Gasteiger partial charge is 0.496 e. The van der Waals surface area contributed by atoms with Crippen molar-refractivity contribution >= 4 is 41.2 Å². The molecule has 272 valence electrons. The van der Waals surface area contributed by atoms with Crippen LogP contribution in [0, 0.1) is 5.41 Å². The highest BCUT2D eigenvalue weighted by atomic mass is 16.6. The van der Waals surface area contributed by atoms with E-state index in [-0.39, 0.29) is 64.7 Å². The van der Waals surface area contributed by atoms with Crippen LogP contribution in [0.4, 0.5) is 0 Å². The van der Waals surface area contributed by atoms with Gasteiger partial charge >= 0.3 is 23.9 Å². The minimum atomic E-state index is -1.54. The van der Waals surface area contributed by atoms with Gasteiger partial charge in [-0.05, 0) is 40.0 Å². The maximum absolute atomic E-state index is 14.6. The minimum Gasteiger partial charge on any atom is -0.496 e. The predicted molar refractivity (Wildman–Crippen MR) is 182 cm³/mol. The van der Waals surface area contributed by atoms with Gasteiger partial charge in [-0.15, -0.1) is 0 Å². The normalized spacial score (nSPS) is 15.7. The van der Waals surface area contributed by atoms with Crippen LogP contribution >= 0.6 is 0 Å². The van der Waals surface area contributed by atoms with Gasteiger partial charge in [0.15, 0.2) is 23.1 Å². The van der Waals surface area contributed by atoms with Crippen molar-refractivity contribution in [3.8, 4) is 17.2 Å². The summed E-state index contributed by atoms with van der Waals surface area (Å²) in [5.74, 6) is -6.19. The molecular formula is C38H48O12. The summed E-state index contributed by atoms with van der Waals surface area (Å²) in [5, 5.41) is 0. The maximum atomic E-state index is 14.6. The first-order valence-corrected chi connectivity index (χ1v) is 16.6. The lowest BCUT2D eigenvalue weighted by molar-refractivity contribution is -0.141. The highest BCUT2D eigenvalue weighted by Gasteiger charge is 2.50. The fourth-order valence-electron chi connectivity index (χ4n) is 5.65. The summed E-state index contributed by atoms with van der Waals surface area (Å²) < 4.78 is 28.1. The van der Waals surface area contributed by atoms with Crippen LogP contribution in [-0.4, -0.2) is 48.3 Å². The average molecular weight is 697 g/mol. The number of ether oxygens (including phenoxy) is 5. The quantitative estimate of drug-likeness (QED) is 0.0418. The zero-order valence-electron chi connectivity index (χ0n) is 30.7. The Morgan fingerprint density at radius 3 is 1.80 bits per heavy atom. The SMILES string of the molecule is CCCCCC(=O)c1c(OC(C)=O)cc(OC)c(CC2=C(OC(C)=O)C(C)(CC=C(C)C)C(OC(C)=O)=C(C(=O)CCC)C2=O)c1OC(C)=O. The second kappa shape index (κ2) is 18.2. The maximum Gasteiger partial charge on any atom is 0.308 e. The number of esters is 4. The molecule has 0 saturated carbocycles. The summed E-state index contributed by atoms with van der Waals surface area (Å²) in [6.45, 7) is 13.5. The van der Waals surface area contributed by atoms with E-state index in [1.807, 2.05) is 20.8 Å². The topological polar surface area (TPSA) is 166 Å². The third kappa shape index (κ3) is 10.1. The van der Waals surface area contributed by atoms with Crippen LogP contribution in [-0.2, 0) is 44.7 Å². The van der Waals surface area contributed by atoms with E-state index in [0.717, 1.165) is 46.1 Å². The molecule has 0 saturated heterocycles. The lowest BCUT2D eigenvalue weighted by atomic mass is 9.70. The molecule has 0 aliphatic heterocycles. The Morgan fingerprint density at radius 2 is 1.30 bits per heavy atom. The number of carbonyl (C=O) groups is 7. The lowest BCUT2D eigenvalue weighted by Gasteiger charge is -2.38. The Balaban J connectivity index is 3.19. The van der Waals surface area contributed by atoms with E-state index in [1.54, 1.807) is 19.9 Å². The Morgan fingerprint density at radius 1 is 0.720 bits per heavy atom. The smallest absolute Gasteiger partial charge is 0.308 e. The number of allylic oxidation sites excluding steroid dienone is 4. The standard InChI is InChI=1S/C38H48O12/c1-11-13-14-16-29(44)32-31(47-22(5)39)20-30(46-10)26(35(32)48-23(6)40)19-27-34(45)33(28(43)15-12-2)37(50-25(8)42)38(9,18-17-21(3)4)36(27)49-24(7)41/h17,20H,11-16,18-19H2,1-10H3. The van der Waals surface area contributed by atoms with Crippen molar-refractivity contribution in [2.45, 2.75) is 114 Å². The minimum absolute atomic E-state index is 0.00763. The molecule has 0 aromatic heterocycles. The number of benzene rings is 1. The van der Waals surface area contributed by atoms with E-state index in [4.69, 9.17) is 23.7 Å². The highest BCUT2D eigenvalue weighted by Crippen LogP contribution is 2.50. The zero-order valence-corrected chi connectivity index (χ0v) is 30.7. The van der Waals surface area contributed by atoms with Crippen LogP contribution in [0.1, 0.15) is 123 Å². The van der Waals surface area contributed by atoms with Crippen molar-refractivity contribution in [2.75, 3.05) is 7.11 Å². The second-order valence-electron chi connectivity index (χ2n) is 12.5. The third-order valence-corrected chi connectivity index (χ3v) is 7.84. The van der Waals surface area contributed by atoms with E-state index >= 15 is 0 Å². The molecule has 1 aromatic carbocycles. The summed E-state index contributed by atoms with van der Waals surface area (Å²) in [5.41, 5.74) is -1.49. The molecule has 1 unspecified atom stereocenters. The molecule has 1 atom stereocenters. The Kier molecular flexibility index (Phi) is 15.0. The third-order valence-electron chi connectivity index (χ3n) is 7.84. The molecular weight excluding hydrogens is 648 g/mol. The molecule has 50 heavy (non-hydrogen) atoms. The van der Waals surface area contributed by atoms with Gasteiger partial charge in [0.2, 0.25) is 0 Å². The van der Waals surface area contributed by atoms with Crippen molar-refractivity contribution in [2.24, 2.45) is 5.41 Å². The van der Waals surface area contributed by atoms with E-state index < -0.39 is 58.6 Å². The molecule has 0 heterocycles. The summed E-state index contributed by atoms with van der Waals surface area (Å²) in [6, 6.07) is 1.28. The number of carbonyl (C=O) groups excluding carboxylic acids is 7. The van der Waals surface area contributed by atoms with E-state index in [1.165, 1.54) is 13.2 Å². The average Bonchev–Trinajstić information content (AvgIpc) is 3.00. The van der Waals surface area contributed by atoms with Gasteiger partial charge in [0.25, 0.3) is 0 Å². The summed E-state index contributed by atoms with van der Waals surface area (Å²) in [7, 11) is 1.29. The predicted octanol–water partition coefficient (Wildman–Crippen LogP) is 6.80. The first-order chi connectivity index (χ1) is 23.4. The van der Waals surface area contributed by atoms with Gasteiger partial charge in [-0.1, -0.05) is 38.3 Å². The van der Waals surface area contributed by atoms with E-state index in [9.17, 15) is 33.6 Å². The molecule has 12 heteroatoms. The number of hydrogen-bond donors (Lipinski definition) is 0. The first-order valence-electron chi connectivity index (χ1n) is 16.6. The van der Waals surface area contributed by atoms with Crippen LogP contribution in [0.3, 0.4) is 0 Å². The highest BCUT2D eigenvalue weighted by molar-refractivity contribution is 6.28. The molecule has 1 aliphatic rings. The first kappa shape index (κ1) is 41.3. The molecule has 12 nitrogen and oxygen atoms in total. The second-order valence-corrected chi connectivity index (χ2v) is 12.5. The number of unbranched alkanes of at least 4 members (excludes halogenated alkanes) is 2. The molecule has 0 fully saturated rings. The number of Topliss-reactive ketones (excluding diaryl/α,β-unsaturated/α-hetero) is 3. The van der Waals surface area contributed by atoms with Crippen molar-refractivity contribution in [3.63, 3.8) is 0 Å². The fourth-order valence-corrected chi connectivity index (χ4v) is 5.65. The summed E-state index contributed by atoms with van der Waals surface area (Å²) in [6.07, 6.45) is 3.71. The summed E-state index contributed by atoms with van der Waals surface area (Å²) >= 11 is 0. The van der Waals surface area contributed by atoms with Crippen molar-refractivity contribution in [1.82, 2.24) is 0 Å². The molecule has 1 aliphatic carbocycles. The van der Waals surface area contributed by atoms with Gasteiger partial charge < -0.3 is 23.7 Å². The van der Waals surface area contributed by atoms with Gasteiger partial charge in [-0.3, -0.25) is 33.6 Å². The van der Waals surface area contributed by atoms with Gasteiger partial charge in [-0.2, -0.15) is 0 Å². The van der Waals surface area contributed by atoms with Gasteiger partial charge in [-0.25, -0.2) is 0 Å². The fraction of sp³-hybridized carbons (Fsp3) is 0.500. The van der Waals surface area contributed by atoms with Crippen molar-refractivity contribution < 1.29 is 57.2 Å². The van der Waals surface area contributed by atoms with Gasteiger partial charge in [0.1, 0.15) is 34.2 Å². The molecule has 0 amide bonds. The zero-order chi connectivity index (χ0) is 37.9. The Labute approximate surface area is 293 Å². The van der Waals surface area contributed by atoms with Crippen LogP contribution in [0.2, 0.25) is 0 Å². The molecule has 0 N–H and O–H groups in total. The lowest BCUT2D eigenvalue weighted by Crippen LogP contribution is -2.38. The molecule has 1 aromatic rings. The van der Waals surface area contributed by atoms with Crippen molar-refractivity contribution in [3.05, 3.63) is 51.5 Å².